The third-order valence-electron chi connectivity index (χ3n) is 4.01. The van der Waals surface area contributed by atoms with Crippen molar-refractivity contribution in [2.75, 3.05) is 20.3 Å². The van der Waals surface area contributed by atoms with Gasteiger partial charge in [-0.1, -0.05) is 18.2 Å². The summed E-state index contributed by atoms with van der Waals surface area (Å²) in [6.45, 7) is 1.90. The van der Waals surface area contributed by atoms with E-state index in [9.17, 15) is 18.0 Å². The summed E-state index contributed by atoms with van der Waals surface area (Å²) < 4.78 is 42.3. The molecule has 0 saturated carbocycles. The highest BCUT2D eigenvalue weighted by atomic mass is 32.2. The third kappa shape index (κ3) is 6.49. The van der Waals surface area contributed by atoms with Crippen molar-refractivity contribution >= 4 is 22.0 Å². The van der Waals surface area contributed by atoms with Crippen LogP contribution in [0.15, 0.2) is 53.4 Å². The molecule has 0 heterocycles. The van der Waals surface area contributed by atoms with E-state index in [1.54, 1.807) is 6.07 Å². The van der Waals surface area contributed by atoms with E-state index in [0.717, 1.165) is 6.92 Å². The summed E-state index contributed by atoms with van der Waals surface area (Å²) >= 11 is 0. The second-order valence-corrected chi connectivity index (χ2v) is 8.34. The Hall–Kier alpha value is -2.99. The molecule has 2 aromatic rings. The van der Waals surface area contributed by atoms with Crippen molar-refractivity contribution in [1.82, 2.24) is 4.72 Å². The Morgan fingerprint density at radius 2 is 1.77 bits per heavy atom. The summed E-state index contributed by atoms with van der Waals surface area (Å²) in [5.74, 6) is -1.68. The minimum Gasteiger partial charge on any atom is -0.493 e. The molecule has 0 radical (unpaired) electrons. The molecule has 2 aromatic carbocycles. The minimum atomic E-state index is -4.12. The number of nitrogens with one attached hydrogen (secondary N) is 1. The number of nitrogens with two attached hydrogens (primary N) is 2. The molecule has 0 unspecified atom stereocenters. The van der Waals surface area contributed by atoms with Gasteiger partial charge in [-0.15, -0.1) is 0 Å². The van der Waals surface area contributed by atoms with Gasteiger partial charge < -0.3 is 25.7 Å². The number of rotatable bonds is 10. The zero-order chi connectivity index (χ0) is 23.1. The molecule has 0 fully saturated rings. The first kappa shape index (κ1) is 24.3. The molecule has 168 valence electrons. The van der Waals surface area contributed by atoms with Gasteiger partial charge in [-0.25, -0.2) is 18.0 Å². The van der Waals surface area contributed by atoms with Crippen LogP contribution in [0.2, 0.25) is 0 Å². The quantitative estimate of drug-likeness (QED) is 0.205. The molecule has 1 atom stereocenters. The van der Waals surface area contributed by atoms with Crippen LogP contribution in [0.3, 0.4) is 0 Å². The molecule has 0 saturated heterocycles. The predicted molar refractivity (Wildman–Crippen MR) is 112 cm³/mol. The molecule has 0 aromatic heterocycles. The fraction of sp³-hybridized carbons (Fsp3) is 0.300. The number of benzene rings is 2. The Bertz CT molecular complexity index is 1020. The standard InChI is InChI=1S/C20H25N3O7S/c1-20(22,23-31(26,27)15-7-4-3-5-8-15)19(25)30-18(24)14-9-10-16(17(13-14)28-2)29-12-6-11-21/h3-5,7-10,13,23H,6,11-12,21-22H2,1-2H3/t20-/m0/s1. The van der Waals surface area contributed by atoms with Crippen molar-refractivity contribution in [2.24, 2.45) is 11.5 Å². The summed E-state index contributed by atoms with van der Waals surface area (Å²) in [6, 6.07) is 11.5. The van der Waals surface area contributed by atoms with Crippen LogP contribution in [-0.4, -0.2) is 46.3 Å². The number of carbonyl (C=O) groups excluding carboxylic acids is 2. The summed E-state index contributed by atoms with van der Waals surface area (Å²) in [6.07, 6.45) is 0.634. The predicted octanol–water partition coefficient (Wildman–Crippen LogP) is 0.760. The number of methoxy groups -OCH3 is 1. The van der Waals surface area contributed by atoms with Crippen molar-refractivity contribution in [3.8, 4) is 11.5 Å². The van der Waals surface area contributed by atoms with Crippen LogP contribution in [0, 0.1) is 0 Å². The van der Waals surface area contributed by atoms with Crippen LogP contribution < -0.4 is 25.7 Å². The molecule has 0 aliphatic rings. The zero-order valence-corrected chi connectivity index (χ0v) is 18.0. The van der Waals surface area contributed by atoms with E-state index in [2.05, 4.69) is 0 Å². The van der Waals surface area contributed by atoms with Crippen molar-refractivity contribution < 1.29 is 32.2 Å². The lowest BCUT2D eigenvalue weighted by Gasteiger charge is -2.23. The molecule has 0 spiro atoms. The highest BCUT2D eigenvalue weighted by Gasteiger charge is 2.37. The monoisotopic (exact) mass is 451 g/mol. The molecule has 0 amide bonds. The number of carbonyl (C=O) groups is 2. The van der Waals surface area contributed by atoms with E-state index in [4.69, 9.17) is 25.7 Å². The highest BCUT2D eigenvalue weighted by Crippen LogP contribution is 2.28. The van der Waals surface area contributed by atoms with Gasteiger partial charge in [0.2, 0.25) is 10.0 Å². The molecule has 0 aliphatic carbocycles. The van der Waals surface area contributed by atoms with Gasteiger partial charge in [0.05, 0.1) is 24.2 Å². The van der Waals surface area contributed by atoms with Crippen LogP contribution in [0.25, 0.3) is 0 Å². The first-order chi connectivity index (χ1) is 14.6. The maximum Gasteiger partial charge on any atom is 0.349 e. The Kier molecular flexibility index (Phi) is 8.11. The third-order valence-corrected chi connectivity index (χ3v) is 5.60. The first-order valence-electron chi connectivity index (χ1n) is 9.26. The lowest BCUT2D eigenvalue weighted by molar-refractivity contribution is -0.144. The molecule has 31 heavy (non-hydrogen) atoms. The lowest BCUT2D eigenvalue weighted by atomic mass is 10.2. The fourth-order valence-corrected chi connectivity index (χ4v) is 3.68. The number of hydrogen-bond donors (Lipinski definition) is 3. The van der Waals surface area contributed by atoms with Crippen LogP contribution in [0.5, 0.6) is 11.5 Å². The maximum absolute atomic E-state index is 12.4. The summed E-state index contributed by atoms with van der Waals surface area (Å²) in [4.78, 5) is 24.7. The molecule has 10 nitrogen and oxygen atoms in total. The SMILES string of the molecule is COc1cc(C(=O)OC(=O)[C@@](C)(N)NS(=O)(=O)c2ccccc2)ccc1OCCCN. The van der Waals surface area contributed by atoms with Crippen molar-refractivity contribution in [3.05, 3.63) is 54.1 Å². The molecule has 0 bridgehead atoms. The molecule has 11 heteroatoms. The second kappa shape index (κ2) is 10.4. The van der Waals surface area contributed by atoms with E-state index in [1.165, 1.54) is 49.6 Å². The molecular formula is C20H25N3O7S. The zero-order valence-electron chi connectivity index (χ0n) is 17.2. The van der Waals surface area contributed by atoms with E-state index < -0.39 is 27.6 Å². The number of esters is 2. The van der Waals surface area contributed by atoms with Gasteiger partial charge in [-0.3, -0.25) is 0 Å². The maximum atomic E-state index is 12.4. The Labute approximate surface area is 180 Å². The van der Waals surface area contributed by atoms with Crippen LogP contribution in [-0.2, 0) is 19.6 Å². The number of ether oxygens (including phenoxy) is 3. The van der Waals surface area contributed by atoms with Crippen molar-refractivity contribution in [1.29, 1.82) is 0 Å². The second-order valence-electron chi connectivity index (χ2n) is 6.65. The van der Waals surface area contributed by atoms with E-state index in [0.29, 0.717) is 25.3 Å². The molecular weight excluding hydrogens is 426 g/mol. The summed E-state index contributed by atoms with van der Waals surface area (Å²) in [5, 5.41) is 0. The van der Waals surface area contributed by atoms with Gasteiger partial charge in [0.15, 0.2) is 17.2 Å². The number of sulfonamides is 1. The molecule has 2 rings (SSSR count). The molecule has 5 N–H and O–H groups in total. The Morgan fingerprint density at radius 3 is 2.39 bits per heavy atom. The normalized spacial score (nSPS) is 13.2. The lowest BCUT2D eigenvalue weighted by Crippen LogP contribution is -2.60. The average Bonchev–Trinajstić information content (AvgIpc) is 2.73. The van der Waals surface area contributed by atoms with E-state index >= 15 is 0 Å². The van der Waals surface area contributed by atoms with E-state index in [-0.39, 0.29) is 16.2 Å². The van der Waals surface area contributed by atoms with Crippen molar-refractivity contribution in [3.63, 3.8) is 0 Å². The van der Waals surface area contributed by atoms with Crippen LogP contribution in [0.4, 0.5) is 0 Å². The first-order valence-corrected chi connectivity index (χ1v) is 10.7. The molecule has 0 aliphatic heterocycles. The topological polar surface area (TPSA) is 160 Å². The van der Waals surface area contributed by atoms with Crippen LogP contribution >= 0.6 is 0 Å². The smallest absolute Gasteiger partial charge is 0.349 e. The van der Waals surface area contributed by atoms with Gasteiger partial charge >= 0.3 is 11.9 Å². The average molecular weight is 452 g/mol. The Balaban J connectivity index is 2.11. The van der Waals surface area contributed by atoms with Gasteiger partial charge in [0.25, 0.3) is 0 Å². The van der Waals surface area contributed by atoms with Crippen LogP contribution in [0.1, 0.15) is 23.7 Å². The Morgan fingerprint density at radius 1 is 1.10 bits per heavy atom. The highest BCUT2D eigenvalue weighted by molar-refractivity contribution is 7.89. The number of hydrogen-bond acceptors (Lipinski definition) is 9. The van der Waals surface area contributed by atoms with Gasteiger partial charge in [-0.05, 0) is 50.2 Å². The minimum absolute atomic E-state index is 0.0157. The van der Waals surface area contributed by atoms with E-state index in [1.807, 2.05) is 4.72 Å². The van der Waals surface area contributed by atoms with Crippen molar-refractivity contribution in [2.45, 2.75) is 23.9 Å². The van der Waals surface area contributed by atoms with Gasteiger partial charge in [0.1, 0.15) is 0 Å². The largest absolute Gasteiger partial charge is 0.493 e. The van der Waals surface area contributed by atoms with Gasteiger partial charge in [0, 0.05) is 0 Å². The summed E-state index contributed by atoms with van der Waals surface area (Å²) in [7, 11) is -2.73. The fourth-order valence-electron chi connectivity index (χ4n) is 2.41. The summed E-state index contributed by atoms with van der Waals surface area (Å²) in [5.41, 5.74) is 9.00. The van der Waals surface area contributed by atoms with Gasteiger partial charge in [-0.2, -0.15) is 4.72 Å².